The number of rotatable bonds is 4. The number of nitrogens with one attached hydrogen (secondary N) is 2. The van der Waals surface area contributed by atoms with Gasteiger partial charge in [-0.05, 0) is 19.3 Å². The number of aromatic amines is 1. The number of nitrogens with zero attached hydrogens (tertiary/aromatic N) is 3. The lowest BCUT2D eigenvalue weighted by Gasteiger charge is -2.40. The van der Waals surface area contributed by atoms with Crippen molar-refractivity contribution in [3.05, 3.63) is 6.20 Å². The third-order valence-electron chi connectivity index (χ3n) is 3.60. The zero-order valence-corrected chi connectivity index (χ0v) is 10.2. The molecule has 0 radical (unpaired) electrons. The first-order valence-electron chi connectivity index (χ1n) is 5.98. The Bertz CT molecular complexity index is 556. The van der Waals surface area contributed by atoms with Crippen molar-refractivity contribution in [1.82, 2.24) is 20.2 Å². The summed E-state index contributed by atoms with van der Waals surface area (Å²) in [5.41, 5.74) is 6.24. The molecule has 0 amide bonds. The zero-order valence-electron chi connectivity index (χ0n) is 10.2. The van der Waals surface area contributed by atoms with E-state index in [0.29, 0.717) is 11.5 Å². The Balaban J connectivity index is 1.83. The fraction of sp³-hybridized carbons (Fsp3) is 0.545. The topological polar surface area (TPSA) is 102 Å². The van der Waals surface area contributed by atoms with Gasteiger partial charge in [-0.25, -0.2) is 0 Å². The standard InChI is InChI=1S/C11H16N6O/c1-18-11(3-2-4-11)6-13-8-7-5-14-17-9(7)16-10(12)15-8/h5H,2-4,6H2,1H3,(H4,12,13,14,15,16,17). The maximum absolute atomic E-state index is 5.66. The molecule has 0 saturated heterocycles. The largest absolute Gasteiger partial charge is 0.376 e. The van der Waals surface area contributed by atoms with Crippen LogP contribution in [0.25, 0.3) is 11.0 Å². The van der Waals surface area contributed by atoms with Gasteiger partial charge in [0.1, 0.15) is 5.82 Å². The second-order valence-electron chi connectivity index (χ2n) is 4.66. The van der Waals surface area contributed by atoms with Crippen LogP contribution in [0.5, 0.6) is 0 Å². The van der Waals surface area contributed by atoms with Crippen molar-refractivity contribution >= 4 is 22.8 Å². The number of fused-ring (bicyclic) bond motifs is 1. The van der Waals surface area contributed by atoms with Crippen molar-refractivity contribution in [1.29, 1.82) is 0 Å². The quantitative estimate of drug-likeness (QED) is 0.743. The Morgan fingerprint density at radius 3 is 3.00 bits per heavy atom. The van der Waals surface area contributed by atoms with E-state index in [0.717, 1.165) is 24.8 Å². The molecule has 0 atom stereocenters. The number of H-pyrrole nitrogens is 1. The van der Waals surface area contributed by atoms with E-state index in [-0.39, 0.29) is 11.5 Å². The molecule has 0 bridgehead atoms. The average molecular weight is 248 g/mol. The lowest BCUT2D eigenvalue weighted by Crippen LogP contribution is -2.45. The Morgan fingerprint density at radius 1 is 1.50 bits per heavy atom. The molecule has 1 saturated carbocycles. The molecule has 1 aliphatic rings. The van der Waals surface area contributed by atoms with Crippen LogP contribution in [-0.2, 0) is 4.74 Å². The first-order chi connectivity index (χ1) is 8.72. The zero-order chi connectivity index (χ0) is 12.6. The van der Waals surface area contributed by atoms with E-state index in [1.54, 1.807) is 13.3 Å². The van der Waals surface area contributed by atoms with Crippen molar-refractivity contribution in [2.24, 2.45) is 0 Å². The van der Waals surface area contributed by atoms with E-state index in [1.807, 2.05) is 0 Å². The predicted molar refractivity (Wildman–Crippen MR) is 68.2 cm³/mol. The molecular formula is C11H16N6O. The van der Waals surface area contributed by atoms with Gasteiger partial charge in [-0.15, -0.1) is 0 Å². The van der Waals surface area contributed by atoms with Crippen molar-refractivity contribution in [2.75, 3.05) is 24.7 Å². The van der Waals surface area contributed by atoms with E-state index in [2.05, 4.69) is 25.5 Å². The fourth-order valence-electron chi connectivity index (χ4n) is 2.26. The first kappa shape index (κ1) is 11.2. The van der Waals surface area contributed by atoms with Gasteiger partial charge in [-0.1, -0.05) is 0 Å². The van der Waals surface area contributed by atoms with Crippen LogP contribution >= 0.6 is 0 Å². The molecule has 0 aromatic carbocycles. The second-order valence-corrected chi connectivity index (χ2v) is 4.66. The van der Waals surface area contributed by atoms with Gasteiger partial charge in [0.25, 0.3) is 0 Å². The van der Waals surface area contributed by atoms with Gasteiger partial charge >= 0.3 is 0 Å². The number of methoxy groups -OCH3 is 1. The van der Waals surface area contributed by atoms with Crippen LogP contribution in [0.4, 0.5) is 11.8 Å². The molecule has 2 heterocycles. The molecule has 2 aromatic heterocycles. The Morgan fingerprint density at radius 2 is 2.33 bits per heavy atom. The summed E-state index contributed by atoms with van der Waals surface area (Å²) in [5, 5.41) is 10.9. The second kappa shape index (κ2) is 4.09. The summed E-state index contributed by atoms with van der Waals surface area (Å²) in [6, 6.07) is 0. The smallest absolute Gasteiger partial charge is 0.224 e. The molecule has 7 nitrogen and oxygen atoms in total. The number of nitrogen functional groups attached to an aromatic ring is 1. The van der Waals surface area contributed by atoms with E-state index < -0.39 is 0 Å². The first-order valence-corrected chi connectivity index (χ1v) is 5.98. The number of aromatic nitrogens is 4. The lowest BCUT2D eigenvalue weighted by molar-refractivity contribution is -0.0601. The van der Waals surface area contributed by atoms with Crippen LogP contribution in [0.15, 0.2) is 6.20 Å². The maximum Gasteiger partial charge on any atom is 0.224 e. The summed E-state index contributed by atoms with van der Waals surface area (Å²) in [4.78, 5) is 8.28. The predicted octanol–water partition coefficient (Wildman–Crippen LogP) is 0.916. The minimum atomic E-state index is -0.0598. The number of nitrogens with two attached hydrogens (primary N) is 1. The van der Waals surface area contributed by atoms with Crippen LogP contribution in [0.3, 0.4) is 0 Å². The van der Waals surface area contributed by atoms with Gasteiger partial charge in [0, 0.05) is 13.7 Å². The summed E-state index contributed by atoms with van der Waals surface area (Å²) in [6.07, 6.45) is 5.05. The van der Waals surface area contributed by atoms with Crippen molar-refractivity contribution in [3.63, 3.8) is 0 Å². The van der Waals surface area contributed by atoms with Crippen molar-refractivity contribution < 1.29 is 4.74 Å². The minimum absolute atomic E-state index is 0.0598. The lowest BCUT2D eigenvalue weighted by atomic mass is 9.80. The van der Waals surface area contributed by atoms with Crippen LogP contribution in [-0.4, -0.2) is 39.4 Å². The number of hydrogen-bond donors (Lipinski definition) is 3. The van der Waals surface area contributed by atoms with Crippen molar-refractivity contribution in [2.45, 2.75) is 24.9 Å². The van der Waals surface area contributed by atoms with Gasteiger partial charge in [-0.2, -0.15) is 15.1 Å². The van der Waals surface area contributed by atoms with Crippen LogP contribution in [0, 0.1) is 0 Å². The highest BCUT2D eigenvalue weighted by molar-refractivity contribution is 5.86. The summed E-state index contributed by atoms with van der Waals surface area (Å²) >= 11 is 0. The van der Waals surface area contributed by atoms with Crippen LogP contribution in [0.2, 0.25) is 0 Å². The normalized spacial score (nSPS) is 17.6. The highest BCUT2D eigenvalue weighted by atomic mass is 16.5. The molecule has 3 rings (SSSR count). The molecule has 18 heavy (non-hydrogen) atoms. The molecule has 7 heteroatoms. The number of ether oxygens (including phenoxy) is 1. The summed E-state index contributed by atoms with van der Waals surface area (Å²) in [7, 11) is 1.75. The summed E-state index contributed by atoms with van der Waals surface area (Å²) < 4.78 is 5.56. The molecular weight excluding hydrogens is 232 g/mol. The van der Waals surface area contributed by atoms with Gasteiger partial charge < -0.3 is 15.8 Å². The van der Waals surface area contributed by atoms with Gasteiger partial charge in [0.05, 0.1) is 17.2 Å². The Kier molecular flexibility index (Phi) is 2.55. The molecule has 4 N–H and O–H groups in total. The minimum Gasteiger partial charge on any atom is -0.376 e. The van der Waals surface area contributed by atoms with Gasteiger partial charge in [0.2, 0.25) is 5.95 Å². The van der Waals surface area contributed by atoms with E-state index in [4.69, 9.17) is 10.5 Å². The van der Waals surface area contributed by atoms with Gasteiger partial charge in [0.15, 0.2) is 5.65 Å². The van der Waals surface area contributed by atoms with E-state index in [1.165, 1.54) is 6.42 Å². The molecule has 1 fully saturated rings. The molecule has 0 unspecified atom stereocenters. The third-order valence-corrected chi connectivity index (χ3v) is 3.60. The molecule has 2 aromatic rings. The molecule has 0 spiro atoms. The van der Waals surface area contributed by atoms with E-state index >= 15 is 0 Å². The van der Waals surface area contributed by atoms with E-state index in [9.17, 15) is 0 Å². The highest BCUT2D eigenvalue weighted by Gasteiger charge is 2.36. The maximum atomic E-state index is 5.66. The highest BCUT2D eigenvalue weighted by Crippen LogP contribution is 2.35. The number of hydrogen-bond acceptors (Lipinski definition) is 6. The van der Waals surface area contributed by atoms with Crippen LogP contribution in [0.1, 0.15) is 19.3 Å². The van der Waals surface area contributed by atoms with Gasteiger partial charge in [-0.3, -0.25) is 5.10 Å². The molecule has 96 valence electrons. The summed E-state index contributed by atoms with van der Waals surface area (Å²) in [6.45, 7) is 0.722. The SMILES string of the molecule is COC1(CNc2nc(N)nc3[nH]ncc23)CCC1. The van der Waals surface area contributed by atoms with Crippen LogP contribution < -0.4 is 11.1 Å². The molecule has 0 aliphatic heterocycles. The monoisotopic (exact) mass is 248 g/mol. The van der Waals surface area contributed by atoms with Crippen molar-refractivity contribution in [3.8, 4) is 0 Å². The number of anilines is 2. The summed E-state index contributed by atoms with van der Waals surface area (Å²) in [5.74, 6) is 0.934. The fourth-order valence-corrected chi connectivity index (χ4v) is 2.26. The molecule has 1 aliphatic carbocycles. The average Bonchev–Trinajstić information content (AvgIpc) is 2.75. The Labute approximate surface area is 104 Å². The Hall–Kier alpha value is -1.89. The third kappa shape index (κ3) is 1.76.